The van der Waals surface area contributed by atoms with Crippen LogP contribution >= 0.6 is 0 Å². The Balaban J connectivity index is 0.000000227. The van der Waals surface area contributed by atoms with E-state index >= 15 is 0 Å². The summed E-state index contributed by atoms with van der Waals surface area (Å²) in [6.45, 7) is 38.5. The first-order valence-electron chi connectivity index (χ1n) is 19.0. The molecule has 2 heteroatoms. The lowest BCUT2D eigenvalue weighted by atomic mass is 9.82. The molecule has 2 heterocycles. The van der Waals surface area contributed by atoms with Crippen LogP contribution in [-0.4, -0.2) is 11.4 Å². The summed E-state index contributed by atoms with van der Waals surface area (Å²) in [5.41, 5.74) is 31.9. The molecule has 0 bridgehead atoms. The van der Waals surface area contributed by atoms with E-state index in [1.54, 1.807) is 0 Å². The van der Waals surface area contributed by atoms with Crippen LogP contribution in [0.2, 0.25) is 0 Å². The van der Waals surface area contributed by atoms with Crippen LogP contribution in [0.15, 0.2) is 28.2 Å². The van der Waals surface area contributed by atoms with E-state index in [0.717, 1.165) is 19.3 Å². The second kappa shape index (κ2) is 15.1. The Morgan fingerprint density at radius 1 is 0.529 bits per heavy atom. The van der Waals surface area contributed by atoms with Crippen LogP contribution in [0.1, 0.15) is 160 Å². The summed E-state index contributed by atoms with van der Waals surface area (Å²) in [6.07, 6.45) is 2.97. The topological polar surface area (TPSA) is 24.7 Å². The van der Waals surface area contributed by atoms with Gasteiger partial charge in [0.05, 0.1) is 22.8 Å². The van der Waals surface area contributed by atoms with Crippen molar-refractivity contribution in [3.05, 3.63) is 124 Å². The van der Waals surface area contributed by atoms with Crippen molar-refractivity contribution in [3.63, 3.8) is 0 Å². The number of benzene rings is 4. The molecular formula is C49H66N2. The maximum absolute atomic E-state index is 5.25. The van der Waals surface area contributed by atoms with Crippen molar-refractivity contribution in [2.45, 2.75) is 156 Å². The van der Waals surface area contributed by atoms with Gasteiger partial charge in [0.15, 0.2) is 0 Å². The van der Waals surface area contributed by atoms with Crippen molar-refractivity contribution in [2.75, 3.05) is 0 Å². The fraction of sp³-hybridized carbons (Fsp3) is 0.469. The number of nitrogens with zero attached hydrogens (tertiary/aromatic N) is 2. The highest BCUT2D eigenvalue weighted by atomic mass is 14.8. The molecule has 0 atom stereocenters. The molecule has 0 aromatic heterocycles. The summed E-state index contributed by atoms with van der Waals surface area (Å²) in [5.74, 6) is 1.10. The third kappa shape index (κ3) is 6.81. The van der Waals surface area contributed by atoms with E-state index < -0.39 is 0 Å². The Morgan fingerprint density at radius 3 is 1.49 bits per heavy atom. The molecular weight excluding hydrogens is 617 g/mol. The Morgan fingerprint density at radius 2 is 1.00 bits per heavy atom. The van der Waals surface area contributed by atoms with Crippen molar-refractivity contribution in [1.82, 2.24) is 0 Å². The van der Waals surface area contributed by atoms with Gasteiger partial charge in [-0.2, -0.15) is 0 Å². The monoisotopic (exact) mass is 683 g/mol. The minimum atomic E-state index is 0. The van der Waals surface area contributed by atoms with Crippen molar-refractivity contribution in [2.24, 2.45) is 9.98 Å². The normalized spacial score (nSPS) is 13.2. The smallest absolute Gasteiger partial charge is 0.0706 e. The van der Waals surface area contributed by atoms with Crippen LogP contribution in [0.3, 0.4) is 0 Å². The van der Waals surface area contributed by atoms with E-state index in [4.69, 9.17) is 9.98 Å². The molecule has 272 valence electrons. The van der Waals surface area contributed by atoms with Crippen LogP contribution in [0, 0.1) is 83.1 Å². The van der Waals surface area contributed by atoms with Gasteiger partial charge in [-0.1, -0.05) is 54.2 Å². The third-order valence-electron chi connectivity index (χ3n) is 12.8. The molecule has 6 rings (SSSR count). The highest BCUT2D eigenvalue weighted by Gasteiger charge is 2.28. The molecule has 2 aliphatic rings. The van der Waals surface area contributed by atoms with Gasteiger partial charge < -0.3 is 0 Å². The van der Waals surface area contributed by atoms with Gasteiger partial charge in [0.1, 0.15) is 0 Å². The van der Waals surface area contributed by atoms with Gasteiger partial charge in [0.2, 0.25) is 0 Å². The van der Waals surface area contributed by atoms with Crippen LogP contribution < -0.4 is 0 Å². The average Bonchev–Trinajstić information content (AvgIpc) is 3.70. The summed E-state index contributed by atoms with van der Waals surface area (Å²) in [7, 11) is 0. The highest BCUT2D eigenvalue weighted by Crippen LogP contribution is 2.42. The Labute approximate surface area is 312 Å². The first kappa shape index (κ1) is 40.0. The van der Waals surface area contributed by atoms with Gasteiger partial charge in [-0.15, -0.1) is 0 Å². The zero-order valence-electron chi connectivity index (χ0n) is 34.4. The fourth-order valence-electron chi connectivity index (χ4n) is 8.82. The van der Waals surface area contributed by atoms with E-state index in [9.17, 15) is 0 Å². The first-order valence-corrected chi connectivity index (χ1v) is 19.0. The van der Waals surface area contributed by atoms with Crippen molar-refractivity contribution >= 4 is 22.8 Å². The van der Waals surface area contributed by atoms with E-state index in [1.165, 1.54) is 129 Å². The quantitative estimate of drug-likeness (QED) is 0.200. The molecule has 4 aromatic carbocycles. The maximum Gasteiger partial charge on any atom is 0.0706 e. The summed E-state index contributed by atoms with van der Waals surface area (Å²) >= 11 is 0. The summed E-state index contributed by atoms with van der Waals surface area (Å²) < 4.78 is 0. The Bertz CT molecular complexity index is 2040. The maximum atomic E-state index is 5.25. The standard InChI is InChI=1S/C26H35N.C22H27N.CH4/c1-11-21-15(5)14(4)16(6)22-12-23(27-26(21)22)25-19(9)17(7)24(13(2)3)18(8)20(25)10;1-12(2)18-8-9-19-11-21(23-20(19)10-18)22-16(6)14(4)13(3)15(5)17(22)7;/h13H,11-12H2,1-10H3;8-10,12H,11H2,1-7H3;1H4. The molecule has 2 aliphatic heterocycles. The van der Waals surface area contributed by atoms with Gasteiger partial charge in [-0.05, 0) is 202 Å². The minimum Gasteiger partial charge on any atom is -0.252 e. The van der Waals surface area contributed by atoms with Crippen molar-refractivity contribution < 1.29 is 0 Å². The predicted octanol–water partition coefficient (Wildman–Crippen LogP) is 13.9. The van der Waals surface area contributed by atoms with Gasteiger partial charge in [-0.3, -0.25) is 9.98 Å². The second-order valence-corrected chi connectivity index (χ2v) is 16.0. The van der Waals surface area contributed by atoms with E-state index in [0.29, 0.717) is 11.8 Å². The average molecular weight is 683 g/mol. The molecule has 0 fully saturated rings. The van der Waals surface area contributed by atoms with E-state index in [-0.39, 0.29) is 7.43 Å². The predicted molar refractivity (Wildman–Crippen MR) is 227 cm³/mol. The Kier molecular flexibility index (Phi) is 11.8. The molecule has 0 spiro atoms. The summed E-state index contributed by atoms with van der Waals surface area (Å²) in [5, 5.41) is 0. The van der Waals surface area contributed by atoms with Crippen molar-refractivity contribution in [3.8, 4) is 0 Å². The number of aliphatic imine (C=N–C) groups is 2. The number of rotatable bonds is 5. The van der Waals surface area contributed by atoms with E-state index in [1.807, 2.05) is 0 Å². The lowest BCUT2D eigenvalue weighted by molar-refractivity contribution is 0.839. The molecule has 0 radical (unpaired) electrons. The zero-order valence-corrected chi connectivity index (χ0v) is 34.4. The highest BCUT2D eigenvalue weighted by molar-refractivity contribution is 6.10. The largest absolute Gasteiger partial charge is 0.252 e. The van der Waals surface area contributed by atoms with Gasteiger partial charge in [-0.25, -0.2) is 0 Å². The molecule has 2 nitrogen and oxygen atoms in total. The van der Waals surface area contributed by atoms with E-state index in [2.05, 4.69) is 136 Å². The van der Waals surface area contributed by atoms with Gasteiger partial charge in [0.25, 0.3) is 0 Å². The van der Waals surface area contributed by atoms with Crippen LogP contribution in [0.25, 0.3) is 0 Å². The van der Waals surface area contributed by atoms with Gasteiger partial charge >= 0.3 is 0 Å². The lowest BCUT2D eigenvalue weighted by Crippen LogP contribution is -2.12. The minimum absolute atomic E-state index is 0. The summed E-state index contributed by atoms with van der Waals surface area (Å²) in [6, 6.07) is 6.79. The molecule has 51 heavy (non-hydrogen) atoms. The summed E-state index contributed by atoms with van der Waals surface area (Å²) in [4.78, 5) is 10.3. The van der Waals surface area contributed by atoms with Gasteiger partial charge in [0, 0.05) is 24.0 Å². The molecule has 0 saturated heterocycles. The first-order chi connectivity index (χ1) is 23.4. The SMILES string of the molecule is C.CCc1c(C)c(C)c(C)c2c1N=C(c1c(C)c(C)c(C(C)C)c(C)c1C)C2.Cc1c(C)c(C)c(C2=Nc3cc(C(C)C)ccc3C2)c(C)c1C. The molecule has 4 aromatic rings. The Hall–Kier alpha value is -3.78. The number of fused-ring (bicyclic) bond motifs is 2. The molecule has 0 N–H and O–H groups in total. The van der Waals surface area contributed by atoms with Crippen LogP contribution in [0.4, 0.5) is 11.4 Å². The number of hydrogen-bond acceptors (Lipinski definition) is 2. The third-order valence-corrected chi connectivity index (χ3v) is 12.8. The zero-order chi connectivity index (χ0) is 37.1. The fourth-order valence-corrected chi connectivity index (χ4v) is 8.82. The molecule has 0 unspecified atom stereocenters. The van der Waals surface area contributed by atoms with Crippen LogP contribution in [-0.2, 0) is 19.3 Å². The lowest BCUT2D eigenvalue weighted by Gasteiger charge is -2.23. The number of hydrogen-bond donors (Lipinski definition) is 0. The molecule has 0 amide bonds. The second-order valence-electron chi connectivity index (χ2n) is 16.0. The molecule has 0 saturated carbocycles. The van der Waals surface area contributed by atoms with Crippen LogP contribution in [0.5, 0.6) is 0 Å². The molecule has 0 aliphatic carbocycles. The van der Waals surface area contributed by atoms with Crippen molar-refractivity contribution in [1.29, 1.82) is 0 Å².